The fourth-order valence-corrected chi connectivity index (χ4v) is 5.46. The molecule has 4 heteroatoms. The third-order valence-electron chi connectivity index (χ3n) is 5.75. The molecular formula is C18H21ClO3. The molecule has 4 fully saturated rings. The van der Waals surface area contributed by atoms with Crippen molar-refractivity contribution in [2.24, 2.45) is 17.3 Å². The number of hydrogen-bond donors (Lipinski definition) is 1. The molecule has 0 saturated heterocycles. The number of hydrogen-bond acceptors (Lipinski definition) is 3. The summed E-state index contributed by atoms with van der Waals surface area (Å²) in [7, 11) is 0. The summed E-state index contributed by atoms with van der Waals surface area (Å²) >= 11 is 5.87. The first-order valence-electron chi connectivity index (χ1n) is 8.11. The van der Waals surface area contributed by atoms with Crippen molar-refractivity contribution < 1.29 is 14.6 Å². The van der Waals surface area contributed by atoms with Gasteiger partial charge in [-0.3, -0.25) is 4.79 Å². The molecule has 0 aromatic heterocycles. The lowest BCUT2D eigenvalue weighted by molar-refractivity contribution is -0.197. The van der Waals surface area contributed by atoms with Crippen molar-refractivity contribution in [3.8, 4) is 0 Å². The summed E-state index contributed by atoms with van der Waals surface area (Å²) in [5.74, 6) is 0.874. The molecule has 3 nitrogen and oxygen atoms in total. The zero-order valence-corrected chi connectivity index (χ0v) is 13.3. The number of esters is 1. The Kier molecular flexibility index (Phi) is 3.28. The van der Waals surface area contributed by atoms with Gasteiger partial charge < -0.3 is 9.84 Å². The number of rotatable bonds is 3. The highest BCUT2D eigenvalue weighted by molar-refractivity contribution is 6.30. The van der Waals surface area contributed by atoms with Crippen molar-refractivity contribution in [1.82, 2.24) is 0 Å². The molecule has 0 radical (unpaired) electrons. The van der Waals surface area contributed by atoms with E-state index in [1.165, 1.54) is 6.42 Å². The zero-order chi connectivity index (χ0) is 15.4. The number of carbonyl (C=O) groups excluding carboxylic acids is 1. The minimum absolute atomic E-state index is 0.116. The van der Waals surface area contributed by atoms with E-state index in [9.17, 15) is 9.90 Å². The minimum Gasteiger partial charge on any atom is -0.460 e. The topological polar surface area (TPSA) is 46.5 Å². The molecule has 0 amide bonds. The van der Waals surface area contributed by atoms with Crippen LogP contribution in [-0.4, -0.2) is 16.7 Å². The number of benzene rings is 1. The van der Waals surface area contributed by atoms with Crippen LogP contribution in [0.15, 0.2) is 24.3 Å². The molecule has 2 atom stereocenters. The molecule has 22 heavy (non-hydrogen) atoms. The average Bonchev–Trinajstić information content (AvgIpc) is 2.43. The van der Waals surface area contributed by atoms with Gasteiger partial charge in [-0.15, -0.1) is 0 Å². The van der Waals surface area contributed by atoms with Gasteiger partial charge in [-0.25, -0.2) is 0 Å². The first-order valence-corrected chi connectivity index (χ1v) is 8.48. The van der Waals surface area contributed by atoms with E-state index in [2.05, 4.69) is 0 Å². The smallest absolute Gasteiger partial charge is 0.312 e. The molecule has 4 aliphatic rings. The predicted octanol–water partition coefficient (Wildman–Crippen LogP) is 3.71. The lowest BCUT2D eigenvalue weighted by atomic mass is 9.48. The first-order chi connectivity index (χ1) is 10.5. The molecule has 0 spiro atoms. The highest BCUT2D eigenvalue weighted by atomic mass is 35.5. The van der Waals surface area contributed by atoms with Crippen LogP contribution in [0.1, 0.15) is 44.1 Å². The highest BCUT2D eigenvalue weighted by Gasteiger charge is 2.60. The van der Waals surface area contributed by atoms with Gasteiger partial charge in [0, 0.05) is 5.02 Å². The second kappa shape index (κ2) is 4.97. The Morgan fingerprint density at radius 2 is 1.82 bits per heavy atom. The lowest BCUT2D eigenvalue weighted by Gasteiger charge is -2.58. The van der Waals surface area contributed by atoms with Gasteiger partial charge in [0.05, 0.1) is 11.0 Å². The van der Waals surface area contributed by atoms with Gasteiger partial charge in [0.25, 0.3) is 0 Å². The standard InChI is InChI=1S/C18H21ClO3/c19-15-3-1-12(2-4-15)10-22-16(20)17-6-13-5-14(7-17)9-18(21,8-13)11-17/h1-4,13-14,21H,5-11H2. The van der Waals surface area contributed by atoms with Gasteiger partial charge in [-0.05, 0) is 68.1 Å². The van der Waals surface area contributed by atoms with Crippen LogP contribution in [0.5, 0.6) is 0 Å². The summed E-state index contributed by atoms with van der Waals surface area (Å²) in [6.07, 6.45) is 5.29. The molecule has 0 heterocycles. The second-order valence-electron chi connectivity index (χ2n) is 7.67. The van der Waals surface area contributed by atoms with Crippen LogP contribution >= 0.6 is 11.6 Å². The number of halogens is 1. The summed E-state index contributed by atoms with van der Waals surface area (Å²) in [6.45, 7) is 0.283. The molecule has 1 N–H and O–H groups in total. The van der Waals surface area contributed by atoms with Crippen molar-refractivity contribution in [3.63, 3.8) is 0 Å². The lowest BCUT2D eigenvalue weighted by Crippen LogP contribution is -2.58. The van der Waals surface area contributed by atoms with Crippen LogP contribution in [0, 0.1) is 17.3 Å². The number of ether oxygens (including phenoxy) is 1. The van der Waals surface area contributed by atoms with E-state index < -0.39 is 11.0 Å². The van der Waals surface area contributed by atoms with Crippen molar-refractivity contribution >= 4 is 17.6 Å². The average molecular weight is 321 g/mol. The maximum atomic E-state index is 12.7. The van der Waals surface area contributed by atoms with E-state index in [-0.39, 0.29) is 12.6 Å². The number of carbonyl (C=O) groups is 1. The summed E-state index contributed by atoms with van der Waals surface area (Å²) in [4.78, 5) is 12.7. The maximum absolute atomic E-state index is 12.7. The second-order valence-corrected chi connectivity index (χ2v) is 8.10. The van der Waals surface area contributed by atoms with Crippen LogP contribution in [0.3, 0.4) is 0 Å². The Morgan fingerprint density at radius 1 is 1.18 bits per heavy atom. The Labute approximate surface area is 135 Å². The fraction of sp³-hybridized carbons (Fsp3) is 0.611. The number of aliphatic hydroxyl groups is 1. The van der Waals surface area contributed by atoms with E-state index in [1.54, 1.807) is 12.1 Å². The summed E-state index contributed by atoms with van der Waals surface area (Å²) in [5, 5.41) is 11.4. The molecule has 0 aliphatic heterocycles. The minimum atomic E-state index is -0.622. The molecule has 4 saturated carbocycles. The van der Waals surface area contributed by atoms with Crippen molar-refractivity contribution in [2.75, 3.05) is 0 Å². The molecular weight excluding hydrogens is 300 g/mol. The largest absolute Gasteiger partial charge is 0.460 e. The summed E-state index contributed by atoms with van der Waals surface area (Å²) in [6, 6.07) is 7.36. The summed E-state index contributed by atoms with van der Waals surface area (Å²) < 4.78 is 5.60. The van der Waals surface area contributed by atoms with Gasteiger partial charge in [0.15, 0.2) is 0 Å². The van der Waals surface area contributed by atoms with Crippen molar-refractivity contribution in [1.29, 1.82) is 0 Å². The van der Waals surface area contributed by atoms with E-state index in [0.29, 0.717) is 23.3 Å². The normalized spacial score (nSPS) is 39.0. The monoisotopic (exact) mass is 320 g/mol. The molecule has 1 aromatic rings. The Bertz CT molecular complexity index is 581. The van der Waals surface area contributed by atoms with Gasteiger partial charge in [0.1, 0.15) is 6.61 Å². The quantitative estimate of drug-likeness (QED) is 0.863. The van der Waals surface area contributed by atoms with Crippen LogP contribution in [0.25, 0.3) is 0 Å². The van der Waals surface area contributed by atoms with E-state index in [0.717, 1.165) is 31.2 Å². The van der Waals surface area contributed by atoms with Gasteiger partial charge >= 0.3 is 5.97 Å². The van der Waals surface area contributed by atoms with E-state index in [4.69, 9.17) is 16.3 Å². The van der Waals surface area contributed by atoms with E-state index in [1.807, 2.05) is 12.1 Å². The third-order valence-corrected chi connectivity index (χ3v) is 6.00. The SMILES string of the molecule is O=C(OCc1ccc(Cl)cc1)C12CC3CC(CC(O)(C3)C1)C2. The highest BCUT2D eigenvalue weighted by Crippen LogP contribution is 2.62. The fourth-order valence-electron chi connectivity index (χ4n) is 5.34. The molecule has 4 aliphatic carbocycles. The van der Waals surface area contributed by atoms with Crippen LogP contribution in [0.4, 0.5) is 0 Å². The van der Waals surface area contributed by atoms with Gasteiger partial charge in [0.2, 0.25) is 0 Å². The van der Waals surface area contributed by atoms with Crippen LogP contribution < -0.4 is 0 Å². The van der Waals surface area contributed by atoms with Crippen molar-refractivity contribution in [3.05, 3.63) is 34.9 Å². The van der Waals surface area contributed by atoms with E-state index >= 15 is 0 Å². The Hall–Kier alpha value is -1.06. The first kappa shape index (κ1) is 14.5. The third kappa shape index (κ3) is 2.44. The molecule has 118 valence electrons. The van der Waals surface area contributed by atoms with Gasteiger partial charge in [-0.1, -0.05) is 23.7 Å². The molecule has 4 bridgehead atoms. The zero-order valence-electron chi connectivity index (χ0n) is 12.6. The van der Waals surface area contributed by atoms with Gasteiger partial charge in [-0.2, -0.15) is 0 Å². The Balaban J connectivity index is 1.47. The molecule has 5 rings (SSSR count). The Morgan fingerprint density at radius 3 is 2.41 bits per heavy atom. The predicted molar refractivity (Wildman–Crippen MR) is 83.3 cm³/mol. The maximum Gasteiger partial charge on any atom is 0.312 e. The molecule has 2 unspecified atom stereocenters. The van der Waals surface area contributed by atoms with Crippen LogP contribution in [0.2, 0.25) is 5.02 Å². The van der Waals surface area contributed by atoms with Crippen LogP contribution in [-0.2, 0) is 16.1 Å². The van der Waals surface area contributed by atoms with Crippen molar-refractivity contribution in [2.45, 2.75) is 50.7 Å². The summed E-state index contributed by atoms with van der Waals surface area (Å²) in [5.41, 5.74) is -0.115. The molecule has 1 aromatic carbocycles.